The molecule has 0 spiro atoms. The Hall–Kier alpha value is -1.41. The highest BCUT2D eigenvalue weighted by molar-refractivity contribution is 5.78. The number of nitrogens with zero attached hydrogens (tertiary/aromatic N) is 1. The van der Waals surface area contributed by atoms with Crippen LogP contribution in [0.2, 0.25) is 0 Å². The fraction of sp³-hybridized carbons (Fsp3) is 0.438. The molecule has 0 saturated heterocycles. The molecular weight excluding hydrogens is 222 g/mol. The van der Waals surface area contributed by atoms with E-state index in [1.807, 2.05) is 24.4 Å². The molecule has 3 rings (SSSR count). The van der Waals surface area contributed by atoms with Crippen molar-refractivity contribution in [1.82, 2.24) is 4.98 Å². The SMILES string of the molecule is CCC1CCC(O)(c2cnc3ccccc3c2)C1. The minimum atomic E-state index is -0.655. The Bertz CT molecular complexity index is 566. The first-order valence-corrected chi connectivity index (χ1v) is 6.79. The Balaban J connectivity index is 1.99. The molecule has 2 atom stereocenters. The summed E-state index contributed by atoms with van der Waals surface area (Å²) in [7, 11) is 0. The lowest BCUT2D eigenvalue weighted by Crippen LogP contribution is -2.22. The van der Waals surface area contributed by atoms with Crippen LogP contribution in [-0.2, 0) is 5.60 Å². The van der Waals surface area contributed by atoms with Crippen LogP contribution in [0, 0.1) is 5.92 Å². The van der Waals surface area contributed by atoms with Crippen LogP contribution in [0.1, 0.15) is 38.2 Å². The fourth-order valence-corrected chi connectivity index (χ4v) is 3.06. The third kappa shape index (κ3) is 1.91. The summed E-state index contributed by atoms with van der Waals surface area (Å²) in [5.74, 6) is 0.654. The second-order valence-corrected chi connectivity index (χ2v) is 5.47. The highest BCUT2D eigenvalue weighted by Gasteiger charge is 2.38. The van der Waals surface area contributed by atoms with Crippen molar-refractivity contribution in [3.05, 3.63) is 42.1 Å². The van der Waals surface area contributed by atoms with E-state index in [0.717, 1.165) is 42.1 Å². The minimum Gasteiger partial charge on any atom is -0.385 e. The van der Waals surface area contributed by atoms with E-state index >= 15 is 0 Å². The fourth-order valence-electron chi connectivity index (χ4n) is 3.06. The molecule has 0 bridgehead atoms. The lowest BCUT2D eigenvalue weighted by Gasteiger charge is -2.23. The van der Waals surface area contributed by atoms with Crippen molar-refractivity contribution in [2.75, 3.05) is 0 Å². The van der Waals surface area contributed by atoms with Gasteiger partial charge in [0.15, 0.2) is 0 Å². The monoisotopic (exact) mass is 241 g/mol. The molecule has 0 amide bonds. The van der Waals surface area contributed by atoms with E-state index in [4.69, 9.17) is 0 Å². The molecular formula is C16H19NO. The first-order chi connectivity index (χ1) is 8.71. The summed E-state index contributed by atoms with van der Waals surface area (Å²) in [4.78, 5) is 4.46. The van der Waals surface area contributed by atoms with Crippen LogP contribution in [0.3, 0.4) is 0 Å². The second-order valence-electron chi connectivity index (χ2n) is 5.47. The Morgan fingerprint density at radius 2 is 2.22 bits per heavy atom. The summed E-state index contributed by atoms with van der Waals surface area (Å²) in [5, 5.41) is 11.9. The van der Waals surface area contributed by atoms with Gasteiger partial charge in [-0.2, -0.15) is 0 Å². The standard InChI is InChI=1S/C16H19NO/c1-2-12-7-8-16(18,10-12)14-9-13-5-3-4-6-15(13)17-11-14/h3-6,9,11-12,18H,2,7-8,10H2,1H3. The third-order valence-electron chi connectivity index (χ3n) is 4.30. The third-order valence-corrected chi connectivity index (χ3v) is 4.30. The van der Waals surface area contributed by atoms with Gasteiger partial charge in [-0.05, 0) is 37.3 Å². The van der Waals surface area contributed by atoms with Gasteiger partial charge < -0.3 is 5.11 Å². The molecule has 1 aromatic carbocycles. The number of aromatic nitrogens is 1. The number of hydrogen-bond acceptors (Lipinski definition) is 2. The summed E-state index contributed by atoms with van der Waals surface area (Å²) < 4.78 is 0. The molecule has 2 nitrogen and oxygen atoms in total. The number of aliphatic hydroxyl groups is 1. The molecule has 1 aliphatic rings. The summed E-state index contributed by atoms with van der Waals surface area (Å²) >= 11 is 0. The van der Waals surface area contributed by atoms with Crippen LogP contribution in [-0.4, -0.2) is 10.1 Å². The number of fused-ring (bicyclic) bond motifs is 1. The summed E-state index contributed by atoms with van der Waals surface area (Å²) in [6.07, 6.45) is 5.87. The van der Waals surface area contributed by atoms with Crippen molar-refractivity contribution in [2.45, 2.75) is 38.2 Å². The number of hydrogen-bond donors (Lipinski definition) is 1. The van der Waals surface area contributed by atoms with Crippen LogP contribution in [0.5, 0.6) is 0 Å². The van der Waals surface area contributed by atoms with E-state index in [9.17, 15) is 5.11 Å². The van der Waals surface area contributed by atoms with Crippen molar-refractivity contribution in [1.29, 1.82) is 0 Å². The molecule has 1 saturated carbocycles. The van der Waals surface area contributed by atoms with Gasteiger partial charge in [0, 0.05) is 17.1 Å². The quantitative estimate of drug-likeness (QED) is 0.871. The topological polar surface area (TPSA) is 33.1 Å². The van der Waals surface area contributed by atoms with Gasteiger partial charge in [0.25, 0.3) is 0 Å². The molecule has 2 heteroatoms. The molecule has 1 heterocycles. The Kier molecular flexibility index (Phi) is 2.83. The maximum Gasteiger partial charge on any atom is 0.0914 e. The second kappa shape index (κ2) is 4.36. The number of para-hydroxylation sites is 1. The maximum atomic E-state index is 10.8. The highest BCUT2D eigenvalue weighted by Crippen LogP contribution is 2.43. The van der Waals surface area contributed by atoms with Gasteiger partial charge >= 0.3 is 0 Å². The Morgan fingerprint density at radius 3 is 3.00 bits per heavy atom. The van der Waals surface area contributed by atoms with E-state index < -0.39 is 5.60 Å². The van der Waals surface area contributed by atoms with Crippen molar-refractivity contribution in [3.8, 4) is 0 Å². The van der Waals surface area contributed by atoms with Crippen molar-refractivity contribution in [2.24, 2.45) is 5.92 Å². The van der Waals surface area contributed by atoms with E-state index in [0.29, 0.717) is 5.92 Å². The average Bonchev–Trinajstić information content (AvgIpc) is 2.81. The first-order valence-electron chi connectivity index (χ1n) is 6.79. The van der Waals surface area contributed by atoms with Gasteiger partial charge in [-0.3, -0.25) is 4.98 Å². The van der Waals surface area contributed by atoms with Gasteiger partial charge in [-0.25, -0.2) is 0 Å². The van der Waals surface area contributed by atoms with Crippen molar-refractivity contribution < 1.29 is 5.11 Å². The molecule has 18 heavy (non-hydrogen) atoms. The summed E-state index contributed by atoms with van der Waals surface area (Å²) in [6, 6.07) is 10.2. The van der Waals surface area contributed by atoms with Crippen LogP contribution in [0.25, 0.3) is 10.9 Å². The van der Waals surface area contributed by atoms with Gasteiger partial charge in [0.2, 0.25) is 0 Å². The smallest absolute Gasteiger partial charge is 0.0914 e. The van der Waals surface area contributed by atoms with Crippen LogP contribution >= 0.6 is 0 Å². The van der Waals surface area contributed by atoms with Gasteiger partial charge in [-0.15, -0.1) is 0 Å². The van der Waals surface area contributed by atoms with E-state index in [1.165, 1.54) is 0 Å². The zero-order chi connectivity index (χ0) is 12.6. The van der Waals surface area contributed by atoms with Crippen LogP contribution in [0.15, 0.2) is 36.5 Å². The minimum absolute atomic E-state index is 0.654. The molecule has 1 aromatic heterocycles. The molecule has 0 aliphatic heterocycles. The molecule has 0 radical (unpaired) electrons. The number of pyridine rings is 1. The van der Waals surface area contributed by atoms with Crippen LogP contribution in [0.4, 0.5) is 0 Å². The maximum absolute atomic E-state index is 10.8. The van der Waals surface area contributed by atoms with Crippen molar-refractivity contribution >= 4 is 10.9 Å². The largest absolute Gasteiger partial charge is 0.385 e. The van der Waals surface area contributed by atoms with E-state index in [2.05, 4.69) is 24.0 Å². The molecule has 94 valence electrons. The molecule has 1 aliphatic carbocycles. The molecule has 2 aromatic rings. The normalized spacial score (nSPS) is 27.8. The zero-order valence-corrected chi connectivity index (χ0v) is 10.8. The lowest BCUT2D eigenvalue weighted by molar-refractivity contribution is 0.0396. The Labute approximate surface area is 108 Å². The van der Waals surface area contributed by atoms with E-state index in [-0.39, 0.29) is 0 Å². The average molecular weight is 241 g/mol. The first kappa shape index (κ1) is 11.7. The predicted octanol–water partition coefficient (Wildman–Crippen LogP) is 3.63. The van der Waals surface area contributed by atoms with Crippen LogP contribution < -0.4 is 0 Å². The van der Waals surface area contributed by atoms with Gasteiger partial charge in [-0.1, -0.05) is 31.5 Å². The molecule has 1 fully saturated rings. The molecule has 2 unspecified atom stereocenters. The lowest BCUT2D eigenvalue weighted by atomic mass is 9.91. The van der Waals surface area contributed by atoms with Gasteiger partial charge in [0.05, 0.1) is 11.1 Å². The van der Waals surface area contributed by atoms with E-state index in [1.54, 1.807) is 0 Å². The number of benzene rings is 1. The highest BCUT2D eigenvalue weighted by atomic mass is 16.3. The zero-order valence-electron chi connectivity index (χ0n) is 10.8. The van der Waals surface area contributed by atoms with Crippen molar-refractivity contribution in [3.63, 3.8) is 0 Å². The summed E-state index contributed by atoms with van der Waals surface area (Å²) in [5.41, 5.74) is 1.32. The summed E-state index contributed by atoms with van der Waals surface area (Å²) in [6.45, 7) is 2.20. The predicted molar refractivity (Wildman–Crippen MR) is 73.3 cm³/mol. The Morgan fingerprint density at radius 1 is 1.39 bits per heavy atom. The molecule has 1 N–H and O–H groups in total. The van der Waals surface area contributed by atoms with Gasteiger partial charge in [0.1, 0.15) is 0 Å². The number of rotatable bonds is 2.